The summed E-state index contributed by atoms with van der Waals surface area (Å²) in [6.07, 6.45) is 6.69. The van der Waals surface area contributed by atoms with Crippen molar-refractivity contribution in [2.75, 3.05) is 11.9 Å². The fraction of sp³-hybridized carbons (Fsp3) is 0.0625. The van der Waals surface area contributed by atoms with Gasteiger partial charge >= 0.3 is 0 Å². The van der Waals surface area contributed by atoms with Crippen molar-refractivity contribution in [1.82, 2.24) is 9.97 Å². The number of likely N-dealkylation sites (N-methyl/N-ethyl adjacent to an activating group) is 1. The van der Waals surface area contributed by atoms with E-state index in [1.54, 1.807) is 30.4 Å². The molecule has 1 aromatic carbocycles. The van der Waals surface area contributed by atoms with Crippen molar-refractivity contribution in [2.45, 2.75) is 0 Å². The topological polar surface area (TPSA) is 46.1 Å². The van der Waals surface area contributed by atoms with E-state index < -0.39 is 0 Å². The van der Waals surface area contributed by atoms with Gasteiger partial charge in [-0.05, 0) is 29.8 Å². The number of para-hydroxylation sites is 1. The number of hydrogen-bond acceptors (Lipinski definition) is 4. The second-order valence-corrected chi connectivity index (χ2v) is 5.49. The molecule has 0 radical (unpaired) electrons. The van der Waals surface area contributed by atoms with Crippen molar-refractivity contribution in [3.8, 4) is 0 Å². The van der Waals surface area contributed by atoms with Gasteiger partial charge in [-0.25, -0.2) is 4.98 Å². The standard InChI is InChI=1S/C16H13N3OS/c1-19(15(20)9-8-12-5-4-10-17-11-12)16-18-13-6-2-3-7-14(13)21-16/h2-11H,1H3/b9-8+. The van der Waals surface area contributed by atoms with E-state index in [4.69, 9.17) is 0 Å². The van der Waals surface area contributed by atoms with Crippen molar-refractivity contribution in [3.63, 3.8) is 0 Å². The number of amides is 1. The molecule has 2 heterocycles. The van der Waals surface area contributed by atoms with Gasteiger partial charge in [-0.1, -0.05) is 29.5 Å². The van der Waals surface area contributed by atoms with Crippen LogP contribution in [0.15, 0.2) is 54.9 Å². The largest absolute Gasteiger partial charge is 0.288 e. The highest BCUT2D eigenvalue weighted by molar-refractivity contribution is 7.22. The Morgan fingerprint density at radius 2 is 2.10 bits per heavy atom. The number of fused-ring (bicyclic) bond motifs is 1. The summed E-state index contributed by atoms with van der Waals surface area (Å²) < 4.78 is 1.07. The maximum atomic E-state index is 12.2. The van der Waals surface area contributed by atoms with Crippen LogP contribution in [0.2, 0.25) is 0 Å². The Kier molecular flexibility index (Phi) is 3.75. The van der Waals surface area contributed by atoms with Crippen molar-refractivity contribution >= 4 is 38.7 Å². The quantitative estimate of drug-likeness (QED) is 0.696. The van der Waals surface area contributed by atoms with E-state index in [0.29, 0.717) is 5.13 Å². The van der Waals surface area contributed by atoms with Gasteiger partial charge in [0.1, 0.15) is 0 Å². The maximum absolute atomic E-state index is 12.2. The van der Waals surface area contributed by atoms with Crippen LogP contribution in [0.25, 0.3) is 16.3 Å². The Labute approximate surface area is 126 Å². The van der Waals surface area contributed by atoms with Gasteiger partial charge in [-0.2, -0.15) is 0 Å². The van der Waals surface area contributed by atoms with E-state index in [1.807, 2.05) is 36.4 Å². The van der Waals surface area contributed by atoms with Crippen molar-refractivity contribution < 1.29 is 4.79 Å². The first-order valence-electron chi connectivity index (χ1n) is 6.45. The minimum Gasteiger partial charge on any atom is -0.288 e. The number of hydrogen-bond donors (Lipinski definition) is 0. The number of carbonyl (C=O) groups excluding carboxylic acids is 1. The van der Waals surface area contributed by atoms with Gasteiger partial charge in [0, 0.05) is 25.5 Å². The lowest BCUT2D eigenvalue weighted by atomic mass is 10.2. The molecule has 0 aliphatic carbocycles. The molecule has 0 atom stereocenters. The predicted molar refractivity (Wildman–Crippen MR) is 86.3 cm³/mol. The normalized spacial score (nSPS) is 11.1. The summed E-state index contributed by atoms with van der Waals surface area (Å²) in [4.78, 5) is 22.2. The van der Waals surface area contributed by atoms with Gasteiger partial charge in [-0.15, -0.1) is 0 Å². The lowest BCUT2D eigenvalue weighted by Crippen LogP contribution is -2.23. The fourth-order valence-corrected chi connectivity index (χ4v) is 2.78. The van der Waals surface area contributed by atoms with Crippen LogP contribution >= 0.6 is 11.3 Å². The highest BCUT2D eigenvalue weighted by Crippen LogP contribution is 2.27. The third-order valence-corrected chi connectivity index (χ3v) is 4.12. The van der Waals surface area contributed by atoms with Crippen LogP contribution in [0, 0.1) is 0 Å². The van der Waals surface area contributed by atoms with Crippen molar-refractivity contribution in [1.29, 1.82) is 0 Å². The average molecular weight is 295 g/mol. The van der Waals surface area contributed by atoms with E-state index in [9.17, 15) is 4.79 Å². The van der Waals surface area contributed by atoms with Crippen LogP contribution < -0.4 is 4.90 Å². The molecule has 4 nitrogen and oxygen atoms in total. The van der Waals surface area contributed by atoms with Gasteiger partial charge in [0.05, 0.1) is 10.2 Å². The summed E-state index contributed by atoms with van der Waals surface area (Å²) in [5.74, 6) is -0.113. The third-order valence-electron chi connectivity index (χ3n) is 3.00. The van der Waals surface area contributed by atoms with Gasteiger partial charge in [0.15, 0.2) is 5.13 Å². The number of pyridine rings is 1. The molecule has 104 valence electrons. The first-order chi connectivity index (χ1) is 10.2. The van der Waals surface area contributed by atoms with Gasteiger partial charge < -0.3 is 0 Å². The molecule has 0 bridgehead atoms. The van der Waals surface area contributed by atoms with Crippen LogP contribution in [0.3, 0.4) is 0 Å². The number of nitrogens with zero attached hydrogens (tertiary/aromatic N) is 3. The molecule has 0 saturated heterocycles. The number of carbonyl (C=O) groups is 1. The van der Waals surface area contributed by atoms with Crippen molar-refractivity contribution in [2.24, 2.45) is 0 Å². The Balaban J connectivity index is 1.79. The first-order valence-corrected chi connectivity index (χ1v) is 7.27. The fourth-order valence-electron chi connectivity index (χ4n) is 1.85. The second kappa shape index (κ2) is 5.85. The van der Waals surface area contributed by atoms with Gasteiger partial charge in [0.2, 0.25) is 0 Å². The zero-order valence-corrected chi connectivity index (χ0v) is 12.2. The summed E-state index contributed by atoms with van der Waals surface area (Å²) in [6.45, 7) is 0. The lowest BCUT2D eigenvalue weighted by Gasteiger charge is -2.10. The summed E-state index contributed by atoms with van der Waals surface area (Å²) >= 11 is 1.50. The molecule has 21 heavy (non-hydrogen) atoms. The van der Waals surface area contributed by atoms with Crippen LogP contribution in [0.1, 0.15) is 5.56 Å². The molecular formula is C16H13N3OS. The summed E-state index contributed by atoms with van der Waals surface area (Å²) in [6, 6.07) is 11.6. The zero-order valence-electron chi connectivity index (χ0n) is 11.4. The summed E-state index contributed by atoms with van der Waals surface area (Å²) in [5.41, 5.74) is 1.80. The van der Waals surface area contributed by atoms with Crippen molar-refractivity contribution in [3.05, 3.63) is 60.4 Å². The molecule has 3 rings (SSSR count). The Hall–Kier alpha value is -2.53. The summed E-state index contributed by atoms with van der Waals surface area (Å²) in [5, 5.41) is 0.692. The van der Waals surface area contributed by atoms with Crippen LogP contribution in [0.5, 0.6) is 0 Å². The lowest BCUT2D eigenvalue weighted by molar-refractivity contribution is -0.113. The molecule has 1 amide bonds. The molecule has 0 N–H and O–H groups in total. The molecule has 5 heteroatoms. The number of aromatic nitrogens is 2. The van der Waals surface area contributed by atoms with Crippen LogP contribution in [-0.4, -0.2) is 22.9 Å². The Morgan fingerprint density at radius 1 is 1.24 bits per heavy atom. The van der Waals surface area contributed by atoms with E-state index in [2.05, 4.69) is 9.97 Å². The molecule has 0 unspecified atom stereocenters. The smallest absolute Gasteiger partial charge is 0.252 e. The van der Waals surface area contributed by atoms with E-state index in [1.165, 1.54) is 17.4 Å². The monoisotopic (exact) mass is 295 g/mol. The zero-order chi connectivity index (χ0) is 14.7. The highest BCUT2D eigenvalue weighted by Gasteiger charge is 2.12. The molecular weight excluding hydrogens is 282 g/mol. The number of anilines is 1. The van der Waals surface area contributed by atoms with Crippen LogP contribution in [0.4, 0.5) is 5.13 Å². The van der Waals surface area contributed by atoms with Crippen LogP contribution in [-0.2, 0) is 4.79 Å². The number of thiazole rings is 1. The first kappa shape index (κ1) is 13.5. The molecule has 0 aliphatic rings. The van der Waals surface area contributed by atoms with E-state index in [0.717, 1.165) is 15.8 Å². The van der Waals surface area contributed by atoms with Gasteiger partial charge in [0.25, 0.3) is 5.91 Å². The molecule has 0 aliphatic heterocycles. The minimum absolute atomic E-state index is 0.113. The summed E-state index contributed by atoms with van der Waals surface area (Å²) in [7, 11) is 1.73. The molecule has 2 aromatic heterocycles. The Bertz CT molecular complexity index is 762. The SMILES string of the molecule is CN(C(=O)/C=C/c1cccnc1)c1nc2ccccc2s1. The molecule has 3 aromatic rings. The molecule has 0 saturated carbocycles. The molecule has 0 fully saturated rings. The van der Waals surface area contributed by atoms with E-state index in [-0.39, 0.29) is 5.91 Å². The third kappa shape index (κ3) is 2.98. The van der Waals surface area contributed by atoms with E-state index >= 15 is 0 Å². The highest BCUT2D eigenvalue weighted by atomic mass is 32.1. The molecule has 0 spiro atoms. The maximum Gasteiger partial charge on any atom is 0.252 e. The van der Waals surface area contributed by atoms with Gasteiger partial charge in [-0.3, -0.25) is 14.7 Å². The minimum atomic E-state index is -0.113. The average Bonchev–Trinajstić information content (AvgIpc) is 2.97. The predicted octanol–water partition coefficient (Wildman–Crippen LogP) is 3.37. The number of rotatable bonds is 3. The second-order valence-electron chi connectivity index (χ2n) is 4.48. The Morgan fingerprint density at radius 3 is 2.86 bits per heavy atom. The number of benzene rings is 1.